The quantitative estimate of drug-likeness (QED) is 0.866. The zero-order valence-corrected chi connectivity index (χ0v) is 13.7. The highest BCUT2D eigenvalue weighted by molar-refractivity contribution is 7.86. The molecule has 0 saturated carbocycles. The van der Waals surface area contributed by atoms with Crippen molar-refractivity contribution < 1.29 is 13.2 Å². The highest BCUT2D eigenvalue weighted by Gasteiger charge is 2.29. The lowest BCUT2D eigenvalue weighted by Gasteiger charge is -2.35. The van der Waals surface area contributed by atoms with Gasteiger partial charge in [-0.15, -0.1) is 0 Å². The second-order valence-electron chi connectivity index (χ2n) is 5.32. The van der Waals surface area contributed by atoms with E-state index in [1.165, 1.54) is 22.7 Å². The SMILES string of the molecule is CN(C)S(=O)(=O)N1CCN(C(=O)NCc2ccccc2)CC1. The topological polar surface area (TPSA) is 73.0 Å². The van der Waals surface area contributed by atoms with E-state index in [1.807, 2.05) is 30.3 Å². The van der Waals surface area contributed by atoms with Crippen molar-refractivity contribution in [3.63, 3.8) is 0 Å². The molecule has 7 nitrogen and oxygen atoms in total. The van der Waals surface area contributed by atoms with Gasteiger partial charge in [-0.2, -0.15) is 17.0 Å². The molecule has 2 amide bonds. The van der Waals surface area contributed by atoms with Crippen molar-refractivity contribution in [2.24, 2.45) is 0 Å². The van der Waals surface area contributed by atoms with Crippen LogP contribution in [0.4, 0.5) is 4.79 Å². The maximum absolute atomic E-state index is 12.1. The second-order valence-corrected chi connectivity index (χ2v) is 7.46. The molecule has 0 atom stereocenters. The van der Waals surface area contributed by atoms with Crippen LogP contribution < -0.4 is 5.32 Å². The number of nitrogens with one attached hydrogen (secondary N) is 1. The summed E-state index contributed by atoms with van der Waals surface area (Å²) in [6, 6.07) is 9.50. The smallest absolute Gasteiger partial charge is 0.317 e. The molecule has 1 heterocycles. The van der Waals surface area contributed by atoms with Crippen LogP contribution in [0, 0.1) is 0 Å². The van der Waals surface area contributed by atoms with Crippen LogP contribution in [0.15, 0.2) is 30.3 Å². The summed E-state index contributed by atoms with van der Waals surface area (Å²) >= 11 is 0. The van der Waals surface area contributed by atoms with Gasteiger partial charge in [-0.25, -0.2) is 4.79 Å². The third-order valence-electron chi connectivity index (χ3n) is 3.60. The molecule has 22 heavy (non-hydrogen) atoms. The number of hydrogen-bond donors (Lipinski definition) is 1. The van der Waals surface area contributed by atoms with Gasteiger partial charge in [0.1, 0.15) is 0 Å². The largest absolute Gasteiger partial charge is 0.334 e. The minimum absolute atomic E-state index is 0.161. The molecule has 8 heteroatoms. The molecule has 1 aliphatic heterocycles. The molecular formula is C14H22N4O3S. The summed E-state index contributed by atoms with van der Waals surface area (Å²) in [6.45, 7) is 1.90. The van der Waals surface area contributed by atoms with E-state index in [-0.39, 0.29) is 6.03 Å². The number of amides is 2. The molecule has 1 fully saturated rings. The molecule has 0 radical (unpaired) electrons. The van der Waals surface area contributed by atoms with E-state index in [0.717, 1.165) is 5.56 Å². The van der Waals surface area contributed by atoms with Gasteiger partial charge in [0, 0.05) is 46.8 Å². The first kappa shape index (κ1) is 16.7. The molecular weight excluding hydrogens is 304 g/mol. The van der Waals surface area contributed by atoms with Gasteiger partial charge in [-0.05, 0) is 5.56 Å². The fourth-order valence-corrected chi connectivity index (χ4v) is 3.32. The Morgan fingerprint density at radius 2 is 1.73 bits per heavy atom. The number of benzene rings is 1. The molecule has 1 N–H and O–H groups in total. The standard InChI is InChI=1S/C14H22N4O3S/c1-16(2)22(20,21)18-10-8-17(9-11-18)14(19)15-12-13-6-4-3-5-7-13/h3-7H,8-12H2,1-2H3,(H,15,19). The van der Waals surface area contributed by atoms with Crippen molar-refractivity contribution in [3.05, 3.63) is 35.9 Å². The first-order valence-electron chi connectivity index (χ1n) is 7.15. The Hall–Kier alpha value is -1.64. The van der Waals surface area contributed by atoms with Gasteiger partial charge in [0.05, 0.1) is 0 Å². The molecule has 0 aromatic heterocycles. The predicted molar refractivity (Wildman–Crippen MR) is 84.4 cm³/mol. The number of carbonyl (C=O) groups excluding carboxylic acids is 1. The monoisotopic (exact) mass is 326 g/mol. The van der Waals surface area contributed by atoms with Gasteiger partial charge < -0.3 is 10.2 Å². The molecule has 0 unspecified atom stereocenters. The molecule has 1 saturated heterocycles. The predicted octanol–water partition coefficient (Wildman–Crippen LogP) is 0.320. The number of carbonyl (C=O) groups is 1. The van der Waals surface area contributed by atoms with E-state index >= 15 is 0 Å². The van der Waals surface area contributed by atoms with Crippen molar-refractivity contribution in [2.45, 2.75) is 6.54 Å². The Labute approximate surface area is 131 Å². The first-order valence-corrected chi connectivity index (χ1v) is 8.55. The van der Waals surface area contributed by atoms with Crippen LogP contribution in [0.1, 0.15) is 5.56 Å². The van der Waals surface area contributed by atoms with Crippen LogP contribution in [0.2, 0.25) is 0 Å². The lowest BCUT2D eigenvalue weighted by molar-refractivity contribution is 0.170. The van der Waals surface area contributed by atoms with Crippen LogP contribution in [0.5, 0.6) is 0 Å². The lowest BCUT2D eigenvalue weighted by Crippen LogP contribution is -2.54. The van der Waals surface area contributed by atoms with E-state index in [1.54, 1.807) is 4.90 Å². The number of nitrogens with zero attached hydrogens (tertiary/aromatic N) is 3. The average Bonchev–Trinajstić information content (AvgIpc) is 2.53. The van der Waals surface area contributed by atoms with Crippen molar-refractivity contribution in [1.82, 2.24) is 18.8 Å². The molecule has 0 spiro atoms. The third-order valence-corrected chi connectivity index (χ3v) is 5.54. The van der Waals surface area contributed by atoms with Gasteiger partial charge >= 0.3 is 6.03 Å². The molecule has 2 rings (SSSR count). The summed E-state index contributed by atoms with van der Waals surface area (Å²) in [6.07, 6.45) is 0. The van der Waals surface area contributed by atoms with E-state index < -0.39 is 10.2 Å². The molecule has 1 aliphatic rings. The Morgan fingerprint density at radius 3 is 2.27 bits per heavy atom. The van der Waals surface area contributed by atoms with Crippen LogP contribution in [0.3, 0.4) is 0 Å². The van der Waals surface area contributed by atoms with Gasteiger partial charge in [-0.1, -0.05) is 30.3 Å². The zero-order valence-electron chi connectivity index (χ0n) is 12.9. The summed E-state index contributed by atoms with van der Waals surface area (Å²) in [4.78, 5) is 13.7. The molecule has 122 valence electrons. The van der Waals surface area contributed by atoms with Crippen molar-refractivity contribution in [1.29, 1.82) is 0 Å². The Bertz CT molecular complexity index is 596. The van der Waals surface area contributed by atoms with E-state index in [2.05, 4.69) is 5.32 Å². The van der Waals surface area contributed by atoms with Gasteiger partial charge in [0.25, 0.3) is 10.2 Å². The van der Waals surface area contributed by atoms with Gasteiger partial charge in [-0.3, -0.25) is 0 Å². The van der Waals surface area contributed by atoms with Crippen LogP contribution >= 0.6 is 0 Å². The van der Waals surface area contributed by atoms with Crippen LogP contribution in [-0.4, -0.2) is 68.2 Å². The summed E-state index contributed by atoms with van der Waals surface area (Å²) in [5.41, 5.74) is 1.03. The van der Waals surface area contributed by atoms with E-state index in [4.69, 9.17) is 0 Å². The summed E-state index contributed by atoms with van der Waals surface area (Å²) in [7, 11) is -0.380. The Morgan fingerprint density at radius 1 is 1.14 bits per heavy atom. The highest BCUT2D eigenvalue weighted by Crippen LogP contribution is 2.10. The summed E-state index contributed by atoms with van der Waals surface area (Å²) < 4.78 is 26.6. The Balaban J connectivity index is 1.83. The Kier molecular flexibility index (Phi) is 5.38. The normalized spacial score (nSPS) is 16.8. The minimum Gasteiger partial charge on any atom is -0.334 e. The average molecular weight is 326 g/mol. The molecule has 1 aromatic carbocycles. The fraction of sp³-hybridized carbons (Fsp3) is 0.500. The van der Waals surface area contributed by atoms with Crippen LogP contribution in [0.25, 0.3) is 0 Å². The van der Waals surface area contributed by atoms with E-state index in [0.29, 0.717) is 32.7 Å². The lowest BCUT2D eigenvalue weighted by atomic mass is 10.2. The van der Waals surface area contributed by atoms with E-state index in [9.17, 15) is 13.2 Å². The first-order chi connectivity index (χ1) is 10.4. The third kappa shape index (κ3) is 3.96. The summed E-state index contributed by atoms with van der Waals surface area (Å²) in [5.74, 6) is 0. The molecule has 0 bridgehead atoms. The van der Waals surface area contributed by atoms with Crippen LogP contribution in [-0.2, 0) is 16.8 Å². The number of piperazine rings is 1. The number of urea groups is 1. The second kappa shape index (κ2) is 7.08. The van der Waals surface area contributed by atoms with Gasteiger partial charge in [0.2, 0.25) is 0 Å². The highest BCUT2D eigenvalue weighted by atomic mass is 32.2. The van der Waals surface area contributed by atoms with Crippen molar-refractivity contribution in [3.8, 4) is 0 Å². The van der Waals surface area contributed by atoms with Crippen molar-refractivity contribution in [2.75, 3.05) is 40.3 Å². The fourth-order valence-electron chi connectivity index (χ4n) is 2.24. The maximum Gasteiger partial charge on any atom is 0.317 e. The van der Waals surface area contributed by atoms with Crippen molar-refractivity contribution >= 4 is 16.2 Å². The summed E-state index contributed by atoms with van der Waals surface area (Å²) in [5, 5.41) is 2.85. The minimum atomic E-state index is -3.40. The molecule has 0 aliphatic carbocycles. The number of rotatable bonds is 4. The number of hydrogen-bond acceptors (Lipinski definition) is 3. The zero-order chi connectivity index (χ0) is 16.2. The maximum atomic E-state index is 12.1. The van der Waals surface area contributed by atoms with Gasteiger partial charge in [0.15, 0.2) is 0 Å². The molecule has 1 aromatic rings.